The molecule has 0 aromatic heterocycles. The second kappa shape index (κ2) is 11.7. The Labute approximate surface area is 188 Å². The number of rotatable bonds is 8. The maximum Gasteiger partial charge on any atom is 0.257 e. The van der Waals surface area contributed by atoms with E-state index in [4.69, 9.17) is 21.7 Å². The van der Waals surface area contributed by atoms with Gasteiger partial charge in [-0.15, -0.1) is 0 Å². The fraction of sp³-hybridized carbons (Fsp3) is 0.250. The first kappa shape index (κ1) is 23.0. The van der Waals surface area contributed by atoms with Gasteiger partial charge in [-0.2, -0.15) is 0 Å². The van der Waals surface area contributed by atoms with Gasteiger partial charge in [0.05, 0.1) is 10.7 Å². The van der Waals surface area contributed by atoms with Gasteiger partial charge >= 0.3 is 0 Å². The van der Waals surface area contributed by atoms with E-state index in [1.54, 1.807) is 56.7 Å². The Balaban J connectivity index is 1.88. The summed E-state index contributed by atoms with van der Waals surface area (Å²) >= 11 is 7.30. The van der Waals surface area contributed by atoms with E-state index in [9.17, 15) is 9.59 Å². The van der Waals surface area contributed by atoms with Crippen molar-refractivity contribution in [2.24, 2.45) is 0 Å². The third kappa shape index (κ3) is 7.26. The van der Waals surface area contributed by atoms with Gasteiger partial charge in [-0.1, -0.05) is 0 Å². The zero-order chi connectivity index (χ0) is 21.2. The van der Waals surface area contributed by atoms with Gasteiger partial charge < -0.3 is 20.1 Å². The number of hydrogen-bond donors (Lipinski definition) is 3. The molecule has 0 saturated heterocycles. The van der Waals surface area contributed by atoms with Gasteiger partial charge in [0.15, 0.2) is 5.11 Å². The molecule has 0 aliphatic heterocycles. The Morgan fingerprint density at radius 2 is 1.72 bits per heavy atom. The summed E-state index contributed by atoms with van der Waals surface area (Å²) in [5.74, 6) is 0.221. The molecule has 0 bridgehead atoms. The molecule has 29 heavy (non-hydrogen) atoms. The van der Waals surface area contributed by atoms with E-state index in [0.717, 1.165) is 9.99 Å². The molecule has 2 amide bonds. The van der Waals surface area contributed by atoms with Crippen molar-refractivity contribution in [1.29, 1.82) is 0 Å². The molecule has 0 saturated carbocycles. The fourth-order valence-corrected chi connectivity index (χ4v) is 3.32. The highest BCUT2D eigenvalue weighted by Crippen LogP contribution is 2.21. The summed E-state index contributed by atoms with van der Waals surface area (Å²) < 4.78 is 11.0. The minimum Gasteiger partial charge on any atom is -0.496 e. The number of anilines is 1. The number of benzene rings is 2. The van der Waals surface area contributed by atoms with Crippen molar-refractivity contribution in [3.63, 3.8) is 0 Å². The zero-order valence-electron chi connectivity index (χ0n) is 16.1. The smallest absolute Gasteiger partial charge is 0.257 e. The van der Waals surface area contributed by atoms with E-state index >= 15 is 0 Å². The third-order valence-electron chi connectivity index (χ3n) is 3.86. The summed E-state index contributed by atoms with van der Waals surface area (Å²) in [7, 11) is 3.20. The lowest BCUT2D eigenvalue weighted by molar-refractivity contribution is 0.0946. The van der Waals surface area contributed by atoms with E-state index < -0.39 is 0 Å². The molecule has 2 aromatic rings. The molecule has 0 radical (unpaired) electrons. The number of ether oxygens (including phenoxy) is 2. The first-order chi connectivity index (χ1) is 13.9. The second-order valence-electron chi connectivity index (χ2n) is 5.94. The van der Waals surface area contributed by atoms with Crippen LogP contribution in [0.1, 0.15) is 27.1 Å². The predicted octanol–water partition coefficient (Wildman–Crippen LogP) is 3.19. The summed E-state index contributed by atoms with van der Waals surface area (Å²) in [6.07, 6.45) is 0.753. The molecule has 7 nitrogen and oxygen atoms in total. The number of halogens is 1. The molecule has 154 valence electrons. The molecule has 2 aromatic carbocycles. The minimum atomic E-state index is -0.324. The Morgan fingerprint density at radius 3 is 2.34 bits per heavy atom. The maximum atomic E-state index is 12.3. The monoisotopic (exact) mass is 527 g/mol. The van der Waals surface area contributed by atoms with E-state index in [0.29, 0.717) is 35.7 Å². The average molecular weight is 527 g/mol. The lowest BCUT2D eigenvalue weighted by atomic mass is 10.2. The van der Waals surface area contributed by atoms with Crippen molar-refractivity contribution in [1.82, 2.24) is 10.6 Å². The van der Waals surface area contributed by atoms with E-state index in [-0.39, 0.29) is 16.9 Å². The van der Waals surface area contributed by atoms with Crippen LogP contribution < -0.4 is 20.7 Å². The van der Waals surface area contributed by atoms with Crippen LogP contribution in [0.3, 0.4) is 0 Å². The van der Waals surface area contributed by atoms with Crippen LogP contribution in [0.2, 0.25) is 0 Å². The number of carbonyl (C=O) groups is 2. The molecular weight excluding hydrogens is 505 g/mol. The standard InChI is InChI=1S/C20H22IN3O4S/c1-27-11-3-10-22-18(25)13-4-7-15(8-5-13)23-20(29)24-19(26)14-6-9-17(28-2)16(21)12-14/h4-9,12H,3,10-11H2,1-2H3,(H,22,25)(H2,23,24,26,29). The molecule has 0 unspecified atom stereocenters. The van der Waals surface area contributed by atoms with E-state index in [2.05, 4.69) is 38.5 Å². The molecule has 0 aliphatic rings. The number of hydrogen-bond acceptors (Lipinski definition) is 5. The Hall–Kier alpha value is -2.24. The summed E-state index contributed by atoms with van der Waals surface area (Å²) in [6.45, 7) is 1.15. The van der Waals surface area contributed by atoms with Gasteiger partial charge in [-0.05, 0) is 83.7 Å². The third-order valence-corrected chi connectivity index (χ3v) is 4.90. The van der Waals surface area contributed by atoms with Crippen molar-refractivity contribution >= 4 is 57.4 Å². The number of carbonyl (C=O) groups excluding carboxylic acids is 2. The van der Waals surface area contributed by atoms with Crippen LogP contribution in [0.25, 0.3) is 0 Å². The van der Waals surface area contributed by atoms with Crippen molar-refractivity contribution in [3.05, 3.63) is 57.2 Å². The fourth-order valence-electron chi connectivity index (χ4n) is 2.37. The van der Waals surface area contributed by atoms with Gasteiger partial charge in [-0.3, -0.25) is 14.9 Å². The number of methoxy groups -OCH3 is 2. The van der Waals surface area contributed by atoms with Gasteiger partial charge in [0.2, 0.25) is 0 Å². The van der Waals surface area contributed by atoms with Crippen LogP contribution in [0.4, 0.5) is 5.69 Å². The highest BCUT2D eigenvalue weighted by Gasteiger charge is 2.11. The number of amides is 2. The first-order valence-electron chi connectivity index (χ1n) is 8.77. The molecule has 0 heterocycles. The van der Waals surface area contributed by atoms with E-state index in [1.165, 1.54) is 0 Å². The molecular formula is C20H22IN3O4S. The summed E-state index contributed by atoms with van der Waals surface area (Å²) in [4.78, 5) is 24.4. The highest BCUT2D eigenvalue weighted by atomic mass is 127. The highest BCUT2D eigenvalue weighted by molar-refractivity contribution is 14.1. The van der Waals surface area contributed by atoms with Gasteiger partial charge in [0, 0.05) is 37.1 Å². The topological polar surface area (TPSA) is 88.7 Å². The van der Waals surface area contributed by atoms with Crippen LogP contribution in [0.5, 0.6) is 5.75 Å². The maximum absolute atomic E-state index is 12.3. The quantitative estimate of drug-likeness (QED) is 0.278. The SMILES string of the molecule is COCCCNC(=O)c1ccc(NC(=S)NC(=O)c2ccc(OC)c(I)c2)cc1. The molecule has 0 aliphatic carbocycles. The molecule has 0 atom stereocenters. The molecule has 2 rings (SSSR count). The van der Waals surface area contributed by atoms with Crippen LogP contribution in [-0.2, 0) is 4.74 Å². The van der Waals surface area contributed by atoms with Crippen molar-refractivity contribution in [2.75, 3.05) is 32.7 Å². The largest absolute Gasteiger partial charge is 0.496 e. The average Bonchev–Trinajstić information content (AvgIpc) is 2.71. The lowest BCUT2D eigenvalue weighted by Gasteiger charge is -2.11. The molecule has 0 spiro atoms. The van der Waals surface area contributed by atoms with Crippen molar-refractivity contribution < 1.29 is 19.1 Å². The van der Waals surface area contributed by atoms with Crippen molar-refractivity contribution in [2.45, 2.75) is 6.42 Å². The Kier molecular flexibility index (Phi) is 9.29. The normalized spacial score (nSPS) is 10.2. The molecule has 0 fully saturated rings. The summed E-state index contributed by atoms with van der Waals surface area (Å²) in [6, 6.07) is 11.9. The summed E-state index contributed by atoms with van der Waals surface area (Å²) in [5.41, 5.74) is 1.67. The second-order valence-corrected chi connectivity index (χ2v) is 7.51. The molecule has 3 N–H and O–H groups in total. The number of thiocarbonyl (C=S) groups is 1. The van der Waals surface area contributed by atoms with Crippen LogP contribution in [0.15, 0.2) is 42.5 Å². The van der Waals surface area contributed by atoms with Crippen LogP contribution in [-0.4, -0.2) is 44.3 Å². The van der Waals surface area contributed by atoms with E-state index in [1.807, 2.05) is 0 Å². The minimum absolute atomic E-state index is 0.155. The van der Waals surface area contributed by atoms with Crippen LogP contribution >= 0.6 is 34.8 Å². The zero-order valence-corrected chi connectivity index (χ0v) is 19.1. The van der Waals surface area contributed by atoms with Gasteiger partial charge in [0.25, 0.3) is 11.8 Å². The first-order valence-corrected chi connectivity index (χ1v) is 10.3. The number of nitrogens with one attached hydrogen (secondary N) is 3. The predicted molar refractivity (Wildman–Crippen MR) is 125 cm³/mol. The van der Waals surface area contributed by atoms with Crippen molar-refractivity contribution in [3.8, 4) is 5.75 Å². The Morgan fingerprint density at radius 1 is 1.03 bits per heavy atom. The van der Waals surface area contributed by atoms with Gasteiger partial charge in [0.1, 0.15) is 5.75 Å². The van der Waals surface area contributed by atoms with Crippen LogP contribution in [0, 0.1) is 3.57 Å². The summed E-state index contributed by atoms with van der Waals surface area (Å²) in [5, 5.41) is 8.55. The van der Waals surface area contributed by atoms with Gasteiger partial charge in [-0.25, -0.2) is 0 Å². The molecule has 9 heteroatoms. The Bertz CT molecular complexity index is 875. The lowest BCUT2D eigenvalue weighted by Crippen LogP contribution is -2.34.